The van der Waals surface area contributed by atoms with Crippen LogP contribution in [0.3, 0.4) is 0 Å². The van der Waals surface area contributed by atoms with Gasteiger partial charge >= 0.3 is 6.18 Å². The lowest BCUT2D eigenvalue weighted by Crippen LogP contribution is -2.24. The van der Waals surface area contributed by atoms with Gasteiger partial charge in [-0.25, -0.2) is 10.5 Å². The molecule has 3 rings (SSSR count). The predicted molar refractivity (Wildman–Crippen MR) is 136 cm³/mol. The van der Waals surface area contributed by atoms with Gasteiger partial charge in [-0.05, 0) is 43.7 Å². The largest absolute Gasteiger partial charge is 0.489 e. The molecule has 8 nitrogen and oxygen atoms in total. The monoisotopic (exact) mass is 512 g/mol. The Morgan fingerprint density at radius 1 is 1.24 bits per heavy atom. The maximum Gasteiger partial charge on any atom is 0.416 e. The molecule has 3 aromatic rings. The fourth-order valence-electron chi connectivity index (χ4n) is 3.41. The molecule has 2 aromatic carbocycles. The van der Waals surface area contributed by atoms with Gasteiger partial charge < -0.3 is 15.1 Å². The number of nitrogens with two attached hydrogens (primary N) is 1. The van der Waals surface area contributed by atoms with Crippen molar-refractivity contribution in [1.82, 2.24) is 20.0 Å². The molecule has 0 bridgehead atoms. The summed E-state index contributed by atoms with van der Waals surface area (Å²) in [6.45, 7) is 11.0. The Kier molecular flexibility index (Phi) is 8.18. The second-order valence-electron chi connectivity index (χ2n) is 8.16. The molecule has 0 unspecified atom stereocenters. The molecule has 0 fully saturated rings. The first-order chi connectivity index (χ1) is 17.4. The summed E-state index contributed by atoms with van der Waals surface area (Å²) in [6, 6.07) is 7.87. The predicted octanol–water partition coefficient (Wildman–Crippen LogP) is 5.13. The molecule has 0 saturated carbocycles. The van der Waals surface area contributed by atoms with E-state index in [0.29, 0.717) is 17.0 Å². The number of nitrogens with one attached hydrogen (secondary N) is 1. The second kappa shape index (κ2) is 11.1. The first kappa shape index (κ1) is 27.2. The van der Waals surface area contributed by atoms with E-state index in [1.54, 1.807) is 37.5 Å². The van der Waals surface area contributed by atoms with Gasteiger partial charge in [0.05, 0.1) is 17.4 Å². The van der Waals surface area contributed by atoms with Gasteiger partial charge in [-0.1, -0.05) is 36.6 Å². The standard InChI is InChI=1S/C26H27F3N6O2/c1-6-10-37-21-13-19(26(27,28)29)12-20(14-21)31-25(36)18-9-8-16(3)24(11-18)35-15-23(32-33-35)22(7-2)17(4)34(5)30/h6-9,11-15H,1-2,10,30H2,3-5H3,(H,31,36)/b22-17+. The van der Waals surface area contributed by atoms with E-state index in [1.165, 1.54) is 21.8 Å². The molecular formula is C26H27F3N6O2. The SMILES string of the molecule is C=CCOc1cc(NC(=O)c2ccc(C)c(-n3cc(/C(C=C)=C(\C)N(C)N)nn3)c2)cc(C(F)(F)F)c1. The van der Waals surface area contributed by atoms with Crippen molar-refractivity contribution in [3.05, 3.63) is 96.0 Å². The highest BCUT2D eigenvalue weighted by atomic mass is 19.4. The molecule has 1 aromatic heterocycles. The first-order valence-electron chi connectivity index (χ1n) is 11.1. The number of benzene rings is 2. The van der Waals surface area contributed by atoms with Crippen molar-refractivity contribution in [3.63, 3.8) is 0 Å². The number of hydrogen-bond acceptors (Lipinski definition) is 6. The molecule has 0 radical (unpaired) electrons. The Balaban J connectivity index is 1.93. The van der Waals surface area contributed by atoms with Crippen molar-refractivity contribution in [1.29, 1.82) is 0 Å². The van der Waals surface area contributed by atoms with Crippen molar-refractivity contribution < 1.29 is 22.7 Å². The van der Waals surface area contributed by atoms with Gasteiger partial charge in [0.25, 0.3) is 5.91 Å². The third kappa shape index (κ3) is 6.44. The molecule has 11 heteroatoms. The van der Waals surface area contributed by atoms with Gasteiger partial charge in [0.1, 0.15) is 18.1 Å². The summed E-state index contributed by atoms with van der Waals surface area (Å²) in [7, 11) is 1.69. The van der Waals surface area contributed by atoms with Crippen LogP contribution in [-0.4, -0.2) is 39.6 Å². The van der Waals surface area contributed by atoms with E-state index < -0.39 is 17.6 Å². The molecule has 0 atom stereocenters. The van der Waals surface area contributed by atoms with Gasteiger partial charge in [-0.3, -0.25) is 4.79 Å². The Labute approximate surface area is 212 Å². The molecule has 0 spiro atoms. The number of carbonyl (C=O) groups excluding carboxylic acids is 1. The lowest BCUT2D eigenvalue weighted by atomic mass is 10.1. The molecule has 0 aliphatic heterocycles. The van der Waals surface area contributed by atoms with E-state index in [-0.39, 0.29) is 23.6 Å². The van der Waals surface area contributed by atoms with Gasteiger partial charge in [-0.2, -0.15) is 13.2 Å². The zero-order chi connectivity index (χ0) is 27.3. The van der Waals surface area contributed by atoms with Crippen LogP contribution in [0.1, 0.15) is 34.1 Å². The summed E-state index contributed by atoms with van der Waals surface area (Å²) in [6.07, 6.45) is 0.0753. The summed E-state index contributed by atoms with van der Waals surface area (Å²) in [5.41, 5.74) is 2.48. The highest BCUT2D eigenvalue weighted by Gasteiger charge is 2.31. The van der Waals surface area contributed by atoms with Crippen molar-refractivity contribution in [3.8, 4) is 11.4 Å². The lowest BCUT2D eigenvalue weighted by molar-refractivity contribution is -0.137. The minimum Gasteiger partial charge on any atom is -0.489 e. The summed E-state index contributed by atoms with van der Waals surface area (Å²) >= 11 is 0. The van der Waals surface area contributed by atoms with Gasteiger partial charge in [0, 0.05) is 35.6 Å². The molecule has 37 heavy (non-hydrogen) atoms. The quantitative estimate of drug-likeness (QED) is 0.178. The summed E-state index contributed by atoms with van der Waals surface area (Å²) in [4.78, 5) is 13.0. The maximum atomic E-state index is 13.4. The minimum atomic E-state index is -4.62. The number of hydrazine groups is 1. The molecule has 1 amide bonds. The van der Waals surface area contributed by atoms with Crippen molar-refractivity contribution in [2.75, 3.05) is 19.0 Å². The smallest absolute Gasteiger partial charge is 0.416 e. The zero-order valence-electron chi connectivity index (χ0n) is 20.6. The number of anilines is 1. The van der Waals surface area contributed by atoms with Crippen molar-refractivity contribution in [2.45, 2.75) is 20.0 Å². The van der Waals surface area contributed by atoms with E-state index in [1.807, 2.05) is 13.8 Å². The number of hydrogen-bond donors (Lipinski definition) is 2. The van der Waals surface area contributed by atoms with Crippen molar-refractivity contribution >= 4 is 17.2 Å². The number of alkyl halides is 3. The Morgan fingerprint density at radius 3 is 2.59 bits per heavy atom. The number of halogens is 3. The van der Waals surface area contributed by atoms with E-state index >= 15 is 0 Å². The fourth-order valence-corrected chi connectivity index (χ4v) is 3.41. The number of carbonyl (C=O) groups is 1. The number of nitrogens with zero attached hydrogens (tertiary/aromatic N) is 4. The lowest BCUT2D eigenvalue weighted by Gasteiger charge is -2.15. The molecule has 194 valence electrons. The number of rotatable bonds is 9. The minimum absolute atomic E-state index is 0.0137. The number of allylic oxidation sites excluding steroid dienone is 3. The van der Waals surface area contributed by atoms with E-state index in [9.17, 15) is 18.0 Å². The highest BCUT2D eigenvalue weighted by Crippen LogP contribution is 2.34. The fraction of sp³-hybridized carbons (Fsp3) is 0.192. The average molecular weight is 513 g/mol. The van der Waals surface area contributed by atoms with Gasteiger partial charge in [0.2, 0.25) is 0 Å². The van der Waals surface area contributed by atoms with Crippen molar-refractivity contribution in [2.24, 2.45) is 5.84 Å². The van der Waals surface area contributed by atoms with Crippen LogP contribution >= 0.6 is 0 Å². The summed E-state index contributed by atoms with van der Waals surface area (Å²) in [5, 5.41) is 12.3. The third-order valence-electron chi connectivity index (χ3n) is 5.47. The highest BCUT2D eigenvalue weighted by molar-refractivity contribution is 6.04. The number of aryl methyl sites for hydroxylation is 1. The number of amides is 1. The van der Waals surface area contributed by atoms with Gasteiger partial charge in [-0.15, -0.1) is 5.10 Å². The molecule has 0 saturated heterocycles. The Bertz CT molecular complexity index is 1360. The van der Waals surface area contributed by atoms with Gasteiger partial charge in [0.15, 0.2) is 0 Å². The normalized spacial score (nSPS) is 12.0. The van der Waals surface area contributed by atoms with Crippen LogP contribution in [0.25, 0.3) is 11.3 Å². The Hall–Kier alpha value is -4.38. The number of ether oxygens (including phenoxy) is 1. The van der Waals surface area contributed by atoms with Crippen LogP contribution in [-0.2, 0) is 6.18 Å². The molecule has 3 N–H and O–H groups in total. The zero-order valence-corrected chi connectivity index (χ0v) is 20.6. The molecule has 0 aliphatic carbocycles. The summed E-state index contributed by atoms with van der Waals surface area (Å²) < 4.78 is 46.9. The van der Waals surface area contributed by atoms with Crippen LogP contribution in [0, 0.1) is 6.92 Å². The second-order valence-corrected chi connectivity index (χ2v) is 8.16. The van der Waals surface area contributed by atoms with E-state index in [2.05, 4.69) is 28.8 Å². The van der Waals surface area contributed by atoms with E-state index in [0.717, 1.165) is 23.4 Å². The van der Waals surface area contributed by atoms with Crippen LogP contribution < -0.4 is 15.9 Å². The van der Waals surface area contributed by atoms with Crippen LogP contribution in [0.15, 0.2) is 73.6 Å². The topological polar surface area (TPSA) is 98.3 Å². The van der Waals surface area contributed by atoms with Crippen LogP contribution in [0.5, 0.6) is 5.75 Å². The average Bonchev–Trinajstić information content (AvgIpc) is 3.32. The number of aromatic nitrogens is 3. The molecular weight excluding hydrogens is 485 g/mol. The van der Waals surface area contributed by atoms with Crippen LogP contribution in [0.4, 0.5) is 18.9 Å². The van der Waals surface area contributed by atoms with Crippen LogP contribution in [0.2, 0.25) is 0 Å². The maximum absolute atomic E-state index is 13.4. The third-order valence-corrected chi connectivity index (χ3v) is 5.47. The Morgan fingerprint density at radius 2 is 1.97 bits per heavy atom. The molecule has 1 heterocycles. The summed E-state index contributed by atoms with van der Waals surface area (Å²) in [5.74, 6) is 5.17. The molecule has 0 aliphatic rings. The van der Waals surface area contributed by atoms with E-state index in [4.69, 9.17) is 10.6 Å². The first-order valence-corrected chi connectivity index (χ1v) is 11.1.